The molecule has 0 fully saturated rings. The van der Waals surface area contributed by atoms with Crippen LogP contribution in [0.1, 0.15) is 12.8 Å². The monoisotopic (exact) mass is 636 g/mol. The van der Waals surface area contributed by atoms with E-state index in [-0.39, 0.29) is 0 Å². The molecule has 0 radical (unpaired) electrons. The normalized spacial score (nSPS) is 18.1. The molecule has 224 valence electrons. The zero-order chi connectivity index (χ0) is 30.3. The van der Waals surface area contributed by atoms with E-state index in [1.54, 1.807) is 0 Å². The molecule has 0 aliphatic carbocycles. The van der Waals surface area contributed by atoms with Crippen LogP contribution < -0.4 is 0 Å². The van der Waals surface area contributed by atoms with E-state index in [2.05, 4.69) is 9.05 Å². The molecule has 0 saturated carbocycles. The first-order valence-electron chi connectivity index (χ1n) is 8.50. The lowest BCUT2D eigenvalue weighted by Gasteiger charge is -2.42. The highest BCUT2D eigenvalue weighted by Crippen LogP contribution is 2.64. The molecular weight excluding hydrogens is 626 g/mol. The molecule has 0 saturated heterocycles. The van der Waals surface area contributed by atoms with Crippen LogP contribution >= 0.6 is 19.4 Å². The highest BCUT2D eigenvalue weighted by Gasteiger charge is 2.93. The molecule has 5 nitrogen and oxygen atoms in total. The third-order valence-corrected chi connectivity index (χ3v) is 5.25. The summed E-state index contributed by atoms with van der Waals surface area (Å²) in [5.41, 5.74) is 0. The van der Waals surface area contributed by atoms with Gasteiger partial charge in [0.2, 0.25) is 0 Å². The summed E-state index contributed by atoms with van der Waals surface area (Å²) < 4.78 is 242. The Morgan fingerprint density at radius 1 is 0.676 bits per heavy atom. The van der Waals surface area contributed by atoms with Crippen molar-refractivity contribution in [3.05, 3.63) is 0 Å². The van der Waals surface area contributed by atoms with Gasteiger partial charge in [0.05, 0.1) is 18.6 Å². The molecule has 0 heterocycles. The summed E-state index contributed by atoms with van der Waals surface area (Å²) in [5, 5.41) is 8.85. The van der Waals surface area contributed by atoms with Crippen molar-refractivity contribution >= 4 is 19.4 Å². The molecule has 0 aromatic carbocycles. The number of aliphatic hydroxyl groups excluding tert-OH is 1. The maximum Gasteiger partial charge on any atom is 0.477 e. The van der Waals surface area contributed by atoms with E-state index in [9.17, 15) is 79.2 Å². The zero-order valence-corrected chi connectivity index (χ0v) is 18.4. The Labute approximate surface area is 198 Å². The lowest BCUT2D eigenvalue weighted by atomic mass is 9.89. The summed E-state index contributed by atoms with van der Waals surface area (Å²) in [5.74, 6) is -49.8. The van der Waals surface area contributed by atoms with Crippen molar-refractivity contribution in [1.82, 2.24) is 0 Å². The molecule has 0 aliphatic rings. The Morgan fingerprint density at radius 3 is 1.43 bits per heavy atom. The highest BCUT2D eigenvalue weighted by atomic mass is 35.5. The second-order valence-electron chi connectivity index (χ2n) is 6.87. The number of phosphoric ester groups is 1. The molecular formula is C13H11ClF17O5P. The van der Waals surface area contributed by atoms with E-state index in [0.717, 1.165) is 0 Å². The van der Waals surface area contributed by atoms with Gasteiger partial charge in [-0.1, -0.05) is 0 Å². The maximum absolute atomic E-state index is 13.6. The van der Waals surface area contributed by atoms with E-state index in [4.69, 9.17) is 21.6 Å². The second-order valence-corrected chi connectivity index (χ2v) is 8.56. The van der Waals surface area contributed by atoms with Crippen molar-refractivity contribution in [2.75, 3.05) is 12.5 Å². The SMILES string of the molecule is O=P(O)(OCC(O)CCl)OC(F)(F)C(F)(F)C(F)(F)C(F)(F)C(F)(F)C(F)(F)C(F)(F)CCC(F)(F)F. The molecule has 2 unspecified atom stereocenters. The largest absolute Gasteiger partial charge is 0.477 e. The van der Waals surface area contributed by atoms with Crippen molar-refractivity contribution in [2.45, 2.75) is 66.8 Å². The number of rotatable bonds is 14. The van der Waals surface area contributed by atoms with E-state index in [1.165, 1.54) is 0 Å². The van der Waals surface area contributed by atoms with Crippen molar-refractivity contribution < 1.29 is 98.2 Å². The molecule has 2 atom stereocenters. The van der Waals surface area contributed by atoms with Crippen molar-refractivity contribution in [3.8, 4) is 0 Å². The number of aliphatic hydroxyl groups is 1. The lowest BCUT2D eigenvalue weighted by molar-refractivity contribution is -0.459. The Balaban J connectivity index is 6.40. The van der Waals surface area contributed by atoms with Gasteiger partial charge in [0, 0.05) is 12.8 Å². The summed E-state index contributed by atoms with van der Waals surface area (Å²) in [6.45, 7) is -1.66. The standard InChI is InChI=1S/C13H11ClF17O5P/c14-3-5(32)4-35-37(33,34)36-13(30,31)12(28,29)11(26,27)10(24,25)9(22,23)8(20,21)6(15,16)1-2-7(17,18)19/h5,32H,1-4H2,(H,33,34). The molecule has 2 N–H and O–H groups in total. The van der Waals surface area contributed by atoms with Gasteiger partial charge >= 0.3 is 55.6 Å². The van der Waals surface area contributed by atoms with Crippen LogP contribution in [0, 0.1) is 0 Å². The van der Waals surface area contributed by atoms with Gasteiger partial charge in [0.1, 0.15) is 0 Å². The fourth-order valence-corrected chi connectivity index (χ4v) is 2.82. The smallest absolute Gasteiger partial charge is 0.389 e. The van der Waals surface area contributed by atoms with Crippen LogP contribution in [0.25, 0.3) is 0 Å². The Kier molecular flexibility index (Phi) is 10.4. The molecule has 0 bridgehead atoms. The minimum Gasteiger partial charge on any atom is -0.389 e. The molecule has 0 spiro atoms. The van der Waals surface area contributed by atoms with E-state index >= 15 is 0 Å². The summed E-state index contributed by atoms with van der Waals surface area (Å²) in [4.78, 5) is 8.80. The van der Waals surface area contributed by atoms with Gasteiger partial charge in [-0.2, -0.15) is 74.6 Å². The minimum atomic E-state index is -8.64. The van der Waals surface area contributed by atoms with Gasteiger partial charge in [-0.15, -0.1) is 11.6 Å². The Morgan fingerprint density at radius 2 is 1.05 bits per heavy atom. The first kappa shape index (κ1) is 36.2. The van der Waals surface area contributed by atoms with Crippen LogP contribution in [-0.2, 0) is 13.6 Å². The summed E-state index contributed by atoms with van der Waals surface area (Å²) >= 11 is 4.92. The van der Waals surface area contributed by atoms with Crippen LogP contribution in [0.15, 0.2) is 0 Å². The lowest BCUT2D eigenvalue weighted by Crippen LogP contribution is -2.73. The number of hydrogen-bond donors (Lipinski definition) is 2. The average Bonchev–Trinajstić information content (AvgIpc) is 2.68. The molecule has 0 aliphatic heterocycles. The quantitative estimate of drug-likeness (QED) is 0.130. The summed E-state index contributed by atoms with van der Waals surface area (Å²) in [6, 6.07) is 0. The predicted octanol–water partition coefficient (Wildman–Crippen LogP) is 6.47. The third-order valence-electron chi connectivity index (χ3n) is 3.96. The molecule has 0 aromatic rings. The van der Waals surface area contributed by atoms with Gasteiger partial charge in [0.25, 0.3) is 0 Å². The van der Waals surface area contributed by atoms with Crippen molar-refractivity contribution in [1.29, 1.82) is 0 Å². The van der Waals surface area contributed by atoms with Gasteiger partial charge in [0.15, 0.2) is 0 Å². The fourth-order valence-electron chi connectivity index (χ4n) is 1.91. The Bertz CT molecular complexity index is 833. The topological polar surface area (TPSA) is 76.0 Å². The van der Waals surface area contributed by atoms with Gasteiger partial charge in [-0.25, -0.2) is 9.09 Å². The summed E-state index contributed by atoms with van der Waals surface area (Å²) in [6.07, 6.45) is -22.0. The first-order valence-corrected chi connectivity index (χ1v) is 10.5. The molecule has 24 heteroatoms. The van der Waals surface area contributed by atoms with Gasteiger partial charge < -0.3 is 10.00 Å². The zero-order valence-electron chi connectivity index (χ0n) is 16.8. The number of phosphoric acid groups is 1. The van der Waals surface area contributed by atoms with E-state index < -0.39 is 87.1 Å². The van der Waals surface area contributed by atoms with Crippen LogP contribution in [0.4, 0.5) is 74.6 Å². The number of hydrogen-bond acceptors (Lipinski definition) is 4. The predicted molar refractivity (Wildman–Crippen MR) is 83.5 cm³/mol. The fraction of sp³-hybridized carbons (Fsp3) is 1.00. The van der Waals surface area contributed by atoms with Crippen LogP contribution in [0.5, 0.6) is 0 Å². The van der Waals surface area contributed by atoms with Crippen LogP contribution in [0.3, 0.4) is 0 Å². The first-order chi connectivity index (χ1) is 15.9. The van der Waals surface area contributed by atoms with Crippen LogP contribution in [-0.4, -0.2) is 76.4 Å². The maximum atomic E-state index is 13.6. The molecule has 37 heavy (non-hydrogen) atoms. The highest BCUT2D eigenvalue weighted by molar-refractivity contribution is 7.47. The number of alkyl halides is 18. The van der Waals surface area contributed by atoms with E-state index in [1.807, 2.05) is 0 Å². The molecule has 0 rings (SSSR count). The van der Waals surface area contributed by atoms with Crippen LogP contribution in [0.2, 0.25) is 0 Å². The van der Waals surface area contributed by atoms with E-state index in [0.29, 0.717) is 0 Å². The van der Waals surface area contributed by atoms with Crippen molar-refractivity contribution in [3.63, 3.8) is 0 Å². The molecule has 0 amide bonds. The average molecular weight is 637 g/mol. The number of halogens is 18. The van der Waals surface area contributed by atoms with Gasteiger partial charge in [-0.05, 0) is 0 Å². The Hall–Kier alpha value is -0.830. The summed E-state index contributed by atoms with van der Waals surface area (Å²) in [7, 11) is -6.81. The van der Waals surface area contributed by atoms with Crippen molar-refractivity contribution in [2.24, 2.45) is 0 Å². The third kappa shape index (κ3) is 7.03. The minimum absolute atomic E-state index is 0.923. The van der Waals surface area contributed by atoms with Gasteiger partial charge in [-0.3, -0.25) is 4.52 Å². The molecule has 0 aromatic heterocycles. The second kappa shape index (κ2) is 10.6.